The molecule has 0 aliphatic heterocycles. The summed E-state index contributed by atoms with van der Waals surface area (Å²) in [6, 6.07) is 8.64. The molecule has 0 aromatic heterocycles. The van der Waals surface area contributed by atoms with E-state index in [4.69, 9.17) is 5.84 Å². The van der Waals surface area contributed by atoms with Crippen LogP contribution in [0.4, 0.5) is 0 Å². The number of hydrogen-bond acceptors (Lipinski definition) is 6. The highest BCUT2D eigenvalue weighted by Crippen LogP contribution is 2.38. The predicted molar refractivity (Wildman–Crippen MR) is 130 cm³/mol. The number of rotatable bonds is 14. The van der Waals surface area contributed by atoms with Crippen molar-refractivity contribution in [2.24, 2.45) is 23.1 Å². The van der Waals surface area contributed by atoms with E-state index in [1.807, 2.05) is 57.2 Å². The second-order valence-electron chi connectivity index (χ2n) is 8.93. The third kappa shape index (κ3) is 7.48. The standard InChI is InChI=1S/C25H40N4O4/c1-6-16-25(24(32)27-26,17-18(3)7-2)22(30)21(29(4)5)20(23(31)28-33)15-11-14-19-12-9-8-10-13-19/h8-14,18,20-21,33H,6-7,15-17,26H2,1-5H3,(H,27,32)(H,28,31)/b14-11+/t18?,20-,21+,25?/m0/s1. The number of nitrogens with zero attached hydrogens (tertiary/aromatic N) is 1. The second-order valence-corrected chi connectivity index (χ2v) is 8.93. The number of nitrogens with two attached hydrogens (primary N) is 1. The average Bonchev–Trinajstić information content (AvgIpc) is 2.81. The predicted octanol–water partition coefficient (Wildman–Crippen LogP) is 2.92. The normalized spacial score (nSPS) is 16.1. The number of carbonyl (C=O) groups excluding carboxylic acids is 3. The Bertz CT molecular complexity index is 797. The molecule has 8 heteroatoms. The summed E-state index contributed by atoms with van der Waals surface area (Å²) in [6.45, 7) is 5.91. The first kappa shape index (κ1) is 28.5. The largest absolute Gasteiger partial charge is 0.299 e. The van der Waals surface area contributed by atoms with Crippen molar-refractivity contribution in [1.82, 2.24) is 15.8 Å². The van der Waals surface area contributed by atoms with Gasteiger partial charge in [0.1, 0.15) is 5.41 Å². The van der Waals surface area contributed by atoms with Crippen LogP contribution in [0.5, 0.6) is 0 Å². The molecule has 2 amide bonds. The molecule has 0 aliphatic rings. The number of ketones is 1. The molecule has 5 N–H and O–H groups in total. The molecular weight excluding hydrogens is 420 g/mol. The summed E-state index contributed by atoms with van der Waals surface area (Å²) in [7, 11) is 3.39. The van der Waals surface area contributed by atoms with Gasteiger partial charge in [0.25, 0.3) is 0 Å². The molecular formula is C25H40N4O4. The van der Waals surface area contributed by atoms with Gasteiger partial charge in [0.2, 0.25) is 11.8 Å². The number of likely N-dealkylation sites (N-methyl/N-ethyl adjacent to an activating group) is 1. The lowest BCUT2D eigenvalue weighted by atomic mass is 9.67. The Hall–Kier alpha value is -2.55. The molecule has 1 aromatic rings. The van der Waals surface area contributed by atoms with Crippen molar-refractivity contribution in [2.75, 3.05) is 14.1 Å². The maximum atomic E-state index is 14.1. The van der Waals surface area contributed by atoms with E-state index in [1.54, 1.807) is 30.6 Å². The number of carbonyl (C=O) groups is 3. The lowest BCUT2D eigenvalue weighted by Gasteiger charge is -2.39. The van der Waals surface area contributed by atoms with E-state index in [0.717, 1.165) is 12.0 Å². The summed E-state index contributed by atoms with van der Waals surface area (Å²) < 4.78 is 0. The van der Waals surface area contributed by atoms with Crippen LogP contribution in [0.2, 0.25) is 0 Å². The number of hydroxylamine groups is 1. The molecule has 4 atom stereocenters. The van der Waals surface area contributed by atoms with Crippen LogP contribution in [0.1, 0.15) is 58.4 Å². The van der Waals surface area contributed by atoms with E-state index in [-0.39, 0.29) is 18.1 Å². The number of hydrazine groups is 1. The van der Waals surface area contributed by atoms with Gasteiger partial charge in [0.05, 0.1) is 12.0 Å². The van der Waals surface area contributed by atoms with Gasteiger partial charge >= 0.3 is 0 Å². The van der Waals surface area contributed by atoms with Crippen molar-refractivity contribution >= 4 is 23.7 Å². The van der Waals surface area contributed by atoms with Crippen molar-refractivity contribution in [1.29, 1.82) is 0 Å². The van der Waals surface area contributed by atoms with Gasteiger partial charge in [-0.15, -0.1) is 0 Å². The van der Waals surface area contributed by atoms with Crippen LogP contribution < -0.4 is 16.7 Å². The zero-order valence-corrected chi connectivity index (χ0v) is 20.5. The highest BCUT2D eigenvalue weighted by atomic mass is 16.5. The van der Waals surface area contributed by atoms with E-state index in [1.165, 1.54) is 0 Å². The van der Waals surface area contributed by atoms with Gasteiger partial charge < -0.3 is 0 Å². The summed E-state index contributed by atoms with van der Waals surface area (Å²) in [4.78, 5) is 41.5. The highest BCUT2D eigenvalue weighted by Gasteiger charge is 2.51. The van der Waals surface area contributed by atoms with E-state index in [0.29, 0.717) is 19.3 Å². The van der Waals surface area contributed by atoms with Crippen LogP contribution in [0, 0.1) is 17.3 Å². The molecule has 0 heterocycles. The number of amides is 2. The molecule has 184 valence electrons. The molecule has 33 heavy (non-hydrogen) atoms. The second kappa shape index (κ2) is 13.9. The third-order valence-electron chi connectivity index (χ3n) is 6.26. The maximum Gasteiger partial charge on any atom is 0.248 e. The number of hydrogen-bond donors (Lipinski definition) is 4. The smallest absolute Gasteiger partial charge is 0.248 e. The minimum Gasteiger partial charge on any atom is -0.299 e. The molecule has 0 spiro atoms. The molecule has 8 nitrogen and oxygen atoms in total. The van der Waals surface area contributed by atoms with Gasteiger partial charge in [-0.25, -0.2) is 11.3 Å². The van der Waals surface area contributed by atoms with E-state index in [2.05, 4.69) is 5.43 Å². The van der Waals surface area contributed by atoms with Crippen LogP contribution in [0.25, 0.3) is 6.08 Å². The Morgan fingerprint density at radius 1 is 1.18 bits per heavy atom. The van der Waals surface area contributed by atoms with Gasteiger partial charge in [-0.1, -0.05) is 76.1 Å². The molecule has 1 aromatic carbocycles. The molecule has 0 saturated carbocycles. The number of benzene rings is 1. The van der Waals surface area contributed by atoms with Crippen LogP contribution in [-0.2, 0) is 14.4 Å². The minimum atomic E-state index is -1.37. The van der Waals surface area contributed by atoms with E-state index >= 15 is 0 Å². The highest BCUT2D eigenvalue weighted by molar-refractivity contribution is 6.09. The van der Waals surface area contributed by atoms with Crippen LogP contribution >= 0.6 is 0 Å². The zero-order chi connectivity index (χ0) is 25.0. The summed E-state index contributed by atoms with van der Waals surface area (Å²) in [5.41, 5.74) is 3.49. The van der Waals surface area contributed by atoms with Crippen LogP contribution in [0.3, 0.4) is 0 Å². The van der Waals surface area contributed by atoms with Crippen molar-refractivity contribution in [3.8, 4) is 0 Å². The fourth-order valence-corrected chi connectivity index (χ4v) is 4.39. The first-order valence-corrected chi connectivity index (χ1v) is 11.6. The topological polar surface area (TPSA) is 125 Å². The van der Waals surface area contributed by atoms with Gasteiger partial charge in [-0.05, 0) is 44.8 Å². The Morgan fingerprint density at radius 3 is 2.30 bits per heavy atom. The van der Waals surface area contributed by atoms with Crippen molar-refractivity contribution < 1.29 is 19.6 Å². The molecule has 2 unspecified atom stereocenters. The lowest BCUT2D eigenvalue weighted by Crippen LogP contribution is -2.58. The fraction of sp³-hybridized carbons (Fsp3) is 0.560. The van der Waals surface area contributed by atoms with Crippen LogP contribution in [-0.4, -0.2) is 47.8 Å². The van der Waals surface area contributed by atoms with Gasteiger partial charge in [-0.2, -0.15) is 0 Å². The fourth-order valence-electron chi connectivity index (χ4n) is 4.39. The number of Topliss-reactive ketones (excluding diaryl/α,β-unsaturated/α-hetero) is 1. The van der Waals surface area contributed by atoms with Crippen molar-refractivity contribution in [2.45, 2.75) is 58.9 Å². The van der Waals surface area contributed by atoms with Crippen molar-refractivity contribution in [3.05, 3.63) is 42.0 Å². The third-order valence-corrected chi connectivity index (χ3v) is 6.26. The van der Waals surface area contributed by atoms with E-state index < -0.39 is 29.2 Å². The van der Waals surface area contributed by atoms with Gasteiger partial charge in [-0.3, -0.25) is 29.9 Å². The monoisotopic (exact) mass is 460 g/mol. The lowest BCUT2D eigenvalue weighted by molar-refractivity contribution is -0.151. The van der Waals surface area contributed by atoms with Gasteiger partial charge in [0.15, 0.2) is 5.78 Å². The van der Waals surface area contributed by atoms with Crippen molar-refractivity contribution in [3.63, 3.8) is 0 Å². The first-order valence-electron chi connectivity index (χ1n) is 11.6. The Kier molecular flexibility index (Phi) is 12.0. The zero-order valence-electron chi connectivity index (χ0n) is 20.5. The first-order chi connectivity index (χ1) is 15.7. The molecule has 0 saturated heterocycles. The quantitative estimate of drug-likeness (QED) is 0.111. The summed E-state index contributed by atoms with van der Waals surface area (Å²) >= 11 is 0. The van der Waals surface area contributed by atoms with Crippen LogP contribution in [0.15, 0.2) is 36.4 Å². The molecule has 0 bridgehead atoms. The summed E-state index contributed by atoms with van der Waals surface area (Å²) in [6.07, 6.45) is 5.90. The SMILES string of the molecule is CCCC(CC(C)CC)(C(=O)NN)C(=O)[C@@H]([C@H](C/C=C/c1ccccc1)C(=O)NO)N(C)C. The Labute approximate surface area is 197 Å². The average molecular weight is 461 g/mol. The molecule has 0 radical (unpaired) electrons. The molecule has 1 rings (SSSR count). The molecule has 0 fully saturated rings. The molecule has 0 aliphatic carbocycles. The summed E-state index contributed by atoms with van der Waals surface area (Å²) in [5, 5.41) is 9.43. The summed E-state index contributed by atoms with van der Waals surface area (Å²) in [5.74, 6) is 3.15. The number of nitrogens with one attached hydrogen (secondary N) is 2. The van der Waals surface area contributed by atoms with E-state index in [9.17, 15) is 19.6 Å². The minimum absolute atomic E-state index is 0.101. The van der Waals surface area contributed by atoms with Gasteiger partial charge in [0, 0.05) is 0 Å². The Morgan fingerprint density at radius 2 is 1.82 bits per heavy atom. The Balaban J connectivity index is 3.45. The maximum absolute atomic E-state index is 14.1. The number of allylic oxidation sites excluding steroid dienone is 1.